The summed E-state index contributed by atoms with van der Waals surface area (Å²) in [5.41, 5.74) is 9.11. The van der Waals surface area contributed by atoms with Crippen LogP contribution < -0.4 is 16.0 Å². The third kappa shape index (κ3) is 1.58. The lowest BCUT2D eigenvalue weighted by molar-refractivity contribution is -0.115. The summed E-state index contributed by atoms with van der Waals surface area (Å²) < 4.78 is 4.85. The lowest BCUT2D eigenvalue weighted by atomic mass is 10.1. The molecule has 0 fully saturated rings. The molecule has 0 bridgehead atoms. The fourth-order valence-electron chi connectivity index (χ4n) is 2.08. The third-order valence-electron chi connectivity index (χ3n) is 2.97. The molecule has 3 rings (SSSR count). The summed E-state index contributed by atoms with van der Waals surface area (Å²) in [6.45, 7) is 0.343. The summed E-state index contributed by atoms with van der Waals surface area (Å²) in [5.74, 6) is 0.277. The van der Waals surface area contributed by atoms with Crippen molar-refractivity contribution in [2.45, 2.75) is 0 Å². The zero-order chi connectivity index (χ0) is 12.7. The highest BCUT2D eigenvalue weighted by Gasteiger charge is 2.20. The zero-order valence-electron chi connectivity index (χ0n) is 9.80. The number of hydrogen-bond acceptors (Lipinski definition) is 5. The van der Waals surface area contributed by atoms with E-state index >= 15 is 0 Å². The van der Waals surface area contributed by atoms with Crippen LogP contribution in [-0.4, -0.2) is 24.7 Å². The number of fused-ring (bicyclic) bond motifs is 1. The summed E-state index contributed by atoms with van der Waals surface area (Å²) in [4.78, 5) is 13.3. The van der Waals surface area contributed by atoms with Crippen molar-refractivity contribution >= 4 is 23.2 Å². The van der Waals surface area contributed by atoms with Gasteiger partial charge in [0.05, 0.1) is 29.7 Å². The number of nitrogen functional groups attached to an aromatic ring is 1. The number of aromatic nitrogens is 1. The maximum atomic E-state index is 11.4. The van der Waals surface area contributed by atoms with Gasteiger partial charge in [0.1, 0.15) is 0 Å². The van der Waals surface area contributed by atoms with Gasteiger partial charge < -0.3 is 20.5 Å². The summed E-state index contributed by atoms with van der Waals surface area (Å²) in [5, 5.41) is 6.48. The molecule has 0 saturated carbocycles. The first-order valence-corrected chi connectivity index (χ1v) is 5.51. The molecule has 0 unspecified atom stereocenters. The van der Waals surface area contributed by atoms with E-state index in [1.165, 1.54) is 0 Å². The van der Waals surface area contributed by atoms with Crippen LogP contribution in [0.25, 0.3) is 11.1 Å². The Morgan fingerprint density at radius 1 is 1.50 bits per heavy atom. The van der Waals surface area contributed by atoms with Crippen molar-refractivity contribution < 1.29 is 9.32 Å². The number of rotatable bonds is 1. The average molecular weight is 244 g/mol. The van der Waals surface area contributed by atoms with Crippen LogP contribution in [0.3, 0.4) is 0 Å². The number of likely N-dealkylation sites (N-methyl/N-ethyl adjacent to an activating group) is 1. The standard InChI is InChI=1S/C12H12N4O2/c1-16-6-11(17)15-9-3-2-7(4-10(9)16)8-5-14-18-12(8)13/h2-5H,6,13H2,1H3,(H,15,17). The molecule has 0 spiro atoms. The van der Waals surface area contributed by atoms with E-state index in [0.717, 1.165) is 22.5 Å². The molecule has 18 heavy (non-hydrogen) atoms. The van der Waals surface area contributed by atoms with Gasteiger partial charge in [-0.25, -0.2) is 0 Å². The molecule has 1 aliphatic heterocycles. The van der Waals surface area contributed by atoms with Crippen LogP contribution >= 0.6 is 0 Å². The minimum atomic E-state index is -0.0118. The second kappa shape index (κ2) is 3.76. The number of carbonyl (C=O) groups excluding carboxylic acids is 1. The SMILES string of the molecule is CN1CC(=O)Nc2ccc(-c3cnoc3N)cc21. The molecule has 6 heteroatoms. The third-order valence-corrected chi connectivity index (χ3v) is 2.97. The van der Waals surface area contributed by atoms with Crippen molar-refractivity contribution in [1.29, 1.82) is 0 Å². The van der Waals surface area contributed by atoms with Gasteiger partial charge in [-0.1, -0.05) is 11.2 Å². The minimum Gasteiger partial charge on any atom is -0.367 e. The highest BCUT2D eigenvalue weighted by Crippen LogP contribution is 2.34. The second-order valence-electron chi connectivity index (χ2n) is 4.24. The quantitative estimate of drug-likeness (QED) is 0.790. The topological polar surface area (TPSA) is 84.4 Å². The Labute approximate surface area is 103 Å². The van der Waals surface area contributed by atoms with Gasteiger partial charge in [0.15, 0.2) is 0 Å². The van der Waals surface area contributed by atoms with E-state index < -0.39 is 0 Å². The molecule has 1 aromatic carbocycles. The number of nitrogens with zero attached hydrogens (tertiary/aromatic N) is 2. The predicted molar refractivity (Wildman–Crippen MR) is 68.3 cm³/mol. The molecule has 1 aromatic heterocycles. The van der Waals surface area contributed by atoms with Crippen LogP contribution in [0.15, 0.2) is 28.9 Å². The Morgan fingerprint density at radius 3 is 3.06 bits per heavy atom. The highest BCUT2D eigenvalue weighted by atomic mass is 16.5. The van der Waals surface area contributed by atoms with E-state index in [4.69, 9.17) is 10.3 Å². The van der Waals surface area contributed by atoms with Crippen molar-refractivity contribution in [3.05, 3.63) is 24.4 Å². The van der Waals surface area contributed by atoms with E-state index in [2.05, 4.69) is 10.5 Å². The first-order valence-electron chi connectivity index (χ1n) is 5.51. The fraction of sp³-hybridized carbons (Fsp3) is 0.167. The van der Waals surface area contributed by atoms with Crippen LogP contribution in [0.1, 0.15) is 0 Å². The van der Waals surface area contributed by atoms with Crippen molar-refractivity contribution in [2.24, 2.45) is 0 Å². The van der Waals surface area contributed by atoms with Gasteiger partial charge in [0.2, 0.25) is 11.8 Å². The van der Waals surface area contributed by atoms with Crippen molar-refractivity contribution in [3.8, 4) is 11.1 Å². The molecule has 1 aliphatic rings. The molecule has 2 heterocycles. The molecule has 92 valence electrons. The Balaban J connectivity index is 2.09. The monoisotopic (exact) mass is 244 g/mol. The maximum Gasteiger partial charge on any atom is 0.243 e. The smallest absolute Gasteiger partial charge is 0.243 e. The van der Waals surface area contributed by atoms with Crippen molar-refractivity contribution in [3.63, 3.8) is 0 Å². The van der Waals surface area contributed by atoms with Crippen LogP contribution in [0.4, 0.5) is 17.3 Å². The molecule has 0 atom stereocenters. The molecule has 0 saturated heterocycles. The molecule has 1 amide bonds. The zero-order valence-corrected chi connectivity index (χ0v) is 9.80. The summed E-state index contributed by atoms with van der Waals surface area (Å²) in [6, 6.07) is 5.68. The van der Waals surface area contributed by atoms with Crippen LogP contribution in [0.5, 0.6) is 0 Å². The fourth-order valence-corrected chi connectivity index (χ4v) is 2.08. The highest BCUT2D eigenvalue weighted by molar-refractivity contribution is 6.01. The number of nitrogens with one attached hydrogen (secondary N) is 1. The van der Waals surface area contributed by atoms with E-state index in [1.54, 1.807) is 6.20 Å². The Kier molecular flexibility index (Phi) is 2.22. The molecule has 0 radical (unpaired) electrons. The molecule has 2 aromatic rings. The lowest BCUT2D eigenvalue weighted by Gasteiger charge is -2.27. The number of carbonyl (C=O) groups is 1. The van der Waals surface area contributed by atoms with Gasteiger partial charge in [-0.15, -0.1) is 0 Å². The van der Waals surface area contributed by atoms with Crippen LogP contribution in [0, 0.1) is 0 Å². The summed E-state index contributed by atoms with van der Waals surface area (Å²) >= 11 is 0. The second-order valence-corrected chi connectivity index (χ2v) is 4.24. The number of amides is 1. The minimum absolute atomic E-state index is 0.0118. The largest absolute Gasteiger partial charge is 0.367 e. The summed E-state index contributed by atoms with van der Waals surface area (Å²) in [6.07, 6.45) is 1.58. The van der Waals surface area contributed by atoms with Gasteiger partial charge in [-0.3, -0.25) is 4.79 Å². The molecular formula is C12H12N4O2. The van der Waals surface area contributed by atoms with Gasteiger partial charge in [-0.2, -0.15) is 0 Å². The van der Waals surface area contributed by atoms with Crippen LogP contribution in [0.2, 0.25) is 0 Å². The number of nitrogens with two attached hydrogens (primary N) is 1. The Hall–Kier alpha value is -2.50. The summed E-state index contributed by atoms with van der Waals surface area (Å²) in [7, 11) is 1.87. The number of anilines is 3. The van der Waals surface area contributed by atoms with Gasteiger partial charge in [0.25, 0.3) is 0 Å². The molecule has 6 nitrogen and oxygen atoms in total. The first-order chi connectivity index (χ1) is 8.65. The van der Waals surface area contributed by atoms with Gasteiger partial charge >= 0.3 is 0 Å². The van der Waals surface area contributed by atoms with Gasteiger partial charge in [0, 0.05) is 7.05 Å². The number of benzene rings is 1. The van der Waals surface area contributed by atoms with E-state index in [0.29, 0.717) is 6.54 Å². The molecule has 3 N–H and O–H groups in total. The van der Waals surface area contributed by atoms with E-state index in [9.17, 15) is 4.79 Å². The van der Waals surface area contributed by atoms with Crippen molar-refractivity contribution in [1.82, 2.24) is 5.16 Å². The predicted octanol–water partition coefficient (Wildman–Crippen LogP) is 1.31. The maximum absolute atomic E-state index is 11.4. The van der Waals surface area contributed by atoms with Gasteiger partial charge in [-0.05, 0) is 17.7 Å². The van der Waals surface area contributed by atoms with E-state index in [1.807, 2.05) is 30.1 Å². The average Bonchev–Trinajstić information content (AvgIpc) is 2.75. The molecular weight excluding hydrogens is 232 g/mol. The van der Waals surface area contributed by atoms with Crippen molar-refractivity contribution in [2.75, 3.05) is 29.5 Å². The van der Waals surface area contributed by atoms with Crippen LogP contribution in [-0.2, 0) is 4.79 Å². The lowest BCUT2D eigenvalue weighted by Crippen LogP contribution is -2.35. The van der Waals surface area contributed by atoms with E-state index in [-0.39, 0.29) is 11.8 Å². The Morgan fingerprint density at radius 2 is 2.33 bits per heavy atom. The molecule has 0 aliphatic carbocycles. The Bertz CT molecular complexity index is 620. The normalized spacial score (nSPS) is 14.3. The first kappa shape index (κ1) is 10.6. The number of hydrogen-bond donors (Lipinski definition) is 2.